The predicted octanol–water partition coefficient (Wildman–Crippen LogP) is 6.75. The van der Waals surface area contributed by atoms with Crippen molar-refractivity contribution in [2.24, 2.45) is 11.3 Å². The molecule has 0 bridgehead atoms. The number of hydrogen-bond acceptors (Lipinski definition) is 3. The van der Waals surface area contributed by atoms with Gasteiger partial charge in [-0.3, -0.25) is 0 Å². The van der Waals surface area contributed by atoms with E-state index in [-0.39, 0.29) is 16.6 Å². The van der Waals surface area contributed by atoms with Crippen LogP contribution < -0.4 is 4.74 Å². The summed E-state index contributed by atoms with van der Waals surface area (Å²) in [6, 6.07) is 15.1. The minimum absolute atomic E-state index is 0.171. The second-order valence-electron chi connectivity index (χ2n) is 9.13. The maximum atomic E-state index is 10.9. The van der Waals surface area contributed by atoms with Crippen LogP contribution >= 0.6 is 0 Å². The van der Waals surface area contributed by atoms with E-state index < -0.39 is 6.16 Å². The van der Waals surface area contributed by atoms with Gasteiger partial charge in [-0.25, -0.2) is 4.79 Å². The van der Waals surface area contributed by atoms with Crippen LogP contribution in [0.25, 0.3) is 0 Å². The third kappa shape index (κ3) is 4.75. The van der Waals surface area contributed by atoms with Crippen molar-refractivity contribution in [3.8, 4) is 11.5 Å². The molecule has 3 rings (SSSR count). The average Bonchev–Trinajstić information content (AvgIpc) is 2.66. The standard InChI is InChI=1S/C25H32O4/c1-4-5-14-24(3)15-18(2)16-25(17-24,19-6-10-21(26)11-7-19)20-8-12-22(13-9-20)29-23(27)28/h6-13,18,26H,4-5,14-17H2,1-3H3,(H,27,28). The Bertz CT molecular complexity index is 827. The largest absolute Gasteiger partial charge is 0.511 e. The molecule has 0 radical (unpaired) electrons. The number of ether oxygens (including phenoxy) is 1. The van der Waals surface area contributed by atoms with Crippen molar-refractivity contribution in [1.82, 2.24) is 0 Å². The molecule has 2 aromatic rings. The van der Waals surface area contributed by atoms with E-state index in [2.05, 4.69) is 20.8 Å². The second kappa shape index (κ2) is 8.48. The molecule has 0 aromatic heterocycles. The summed E-state index contributed by atoms with van der Waals surface area (Å²) in [5, 5.41) is 18.7. The highest BCUT2D eigenvalue weighted by Gasteiger charge is 2.46. The van der Waals surface area contributed by atoms with Crippen LogP contribution in [0.1, 0.15) is 70.4 Å². The molecular weight excluding hydrogens is 364 g/mol. The molecule has 1 saturated carbocycles. The molecule has 0 heterocycles. The normalized spacial score (nSPS) is 26.8. The van der Waals surface area contributed by atoms with Gasteiger partial charge in [-0.15, -0.1) is 0 Å². The topological polar surface area (TPSA) is 66.8 Å². The first-order valence-electron chi connectivity index (χ1n) is 10.6. The van der Waals surface area contributed by atoms with Crippen LogP contribution in [0.5, 0.6) is 11.5 Å². The van der Waals surface area contributed by atoms with Crippen LogP contribution in [0.4, 0.5) is 4.79 Å². The van der Waals surface area contributed by atoms with Crippen molar-refractivity contribution < 1.29 is 19.7 Å². The summed E-state index contributed by atoms with van der Waals surface area (Å²) in [4.78, 5) is 10.9. The fourth-order valence-corrected chi connectivity index (χ4v) is 5.50. The molecule has 3 unspecified atom stereocenters. The van der Waals surface area contributed by atoms with Gasteiger partial charge in [-0.2, -0.15) is 0 Å². The number of aromatic hydroxyl groups is 1. The first kappa shape index (κ1) is 21.2. The molecule has 0 spiro atoms. The molecule has 29 heavy (non-hydrogen) atoms. The van der Waals surface area contributed by atoms with Crippen molar-refractivity contribution in [2.75, 3.05) is 0 Å². The molecule has 2 N–H and O–H groups in total. The molecule has 1 fully saturated rings. The Balaban J connectivity index is 2.07. The van der Waals surface area contributed by atoms with E-state index in [1.54, 1.807) is 24.3 Å². The average molecular weight is 397 g/mol. The molecule has 1 aliphatic rings. The fraction of sp³-hybridized carbons (Fsp3) is 0.480. The lowest BCUT2D eigenvalue weighted by Crippen LogP contribution is -2.42. The van der Waals surface area contributed by atoms with Crippen molar-refractivity contribution >= 4 is 6.16 Å². The quantitative estimate of drug-likeness (QED) is 0.418. The Morgan fingerprint density at radius 2 is 1.66 bits per heavy atom. The van der Waals surface area contributed by atoms with E-state index in [4.69, 9.17) is 9.84 Å². The van der Waals surface area contributed by atoms with Crippen LogP contribution in [0, 0.1) is 11.3 Å². The Labute approximate surface area is 173 Å². The summed E-state index contributed by atoms with van der Waals surface area (Å²) in [5.41, 5.74) is 2.45. The van der Waals surface area contributed by atoms with E-state index in [0.717, 1.165) is 12.8 Å². The third-order valence-electron chi connectivity index (χ3n) is 6.43. The number of benzene rings is 2. The number of phenolic OH excluding ortho intramolecular Hbond substituents is 1. The first-order chi connectivity index (χ1) is 13.8. The van der Waals surface area contributed by atoms with Gasteiger partial charge in [-0.05, 0) is 72.4 Å². The van der Waals surface area contributed by atoms with Crippen LogP contribution in [0.3, 0.4) is 0 Å². The van der Waals surface area contributed by atoms with Crippen LogP contribution in [0.15, 0.2) is 48.5 Å². The molecule has 0 saturated heterocycles. The Morgan fingerprint density at radius 1 is 1.07 bits per heavy atom. The Kier molecular flexibility index (Phi) is 6.21. The van der Waals surface area contributed by atoms with Gasteiger partial charge in [-0.1, -0.05) is 57.9 Å². The van der Waals surface area contributed by atoms with Gasteiger partial charge in [0.1, 0.15) is 11.5 Å². The van der Waals surface area contributed by atoms with Crippen molar-refractivity contribution in [3.63, 3.8) is 0 Å². The maximum absolute atomic E-state index is 10.9. The predicted molar refractivity (Wildman–Crippen MR) is 115 cm³/mol. The van der Waals surface area contributed by atoms with Gasteiger partial charge in [0.2, 0.25) is 0 Å². The molecule has 4 nitrogen and oxygen atoms in total. The minimum Gasteiger partial charge on any atom is -0.508 e. The highest BCUT2D eigenvalue weighted by atomic mass is 16.7. The van der Waals surface area contributed by atoms with Gasteiger partial charge in [0.15, 0.2) is 0 Å². The summed E-state index contributed by atoms with van der Waals surface area (Å²) >= 11 is 0. The number of carbonyl (C=O) groups is 1. The summed E-state index contributed by atoms with van der Waals surface area (Å²) in [7, 11) is 0. The SMILES string of the molecule is CCCCC1(C)CC(C)CC(c2ccc(O)cc2)(c2ccc(OC(=O)O)cc2)C1. The van der Waals surface area contributed by atoms with Crippen LogP contribution in [0.2, 0.25) is 0 Å². The van der Waals surface area contributed by atoms with Gasteiger partial charge in [0, 0.05) is 5.41 Å². The molecule has 2 aromatic carbocycles. The number of carboxylic acid groups (broad SMARTS) is 1. The fourth-order valence-electron chi connectivity index (χ4n) is 5.50. The lowest BCUT2D eigenvalue weighted by molar-refractivity contribution is 0.0972. The molecule has 156 valence electrons. The molecule has 0 amide bonds. The Morgan fingerprint density at radius 3 is 2.21 bits per heavy atom. The third-order valence-corrected chi connectivity index (χ3v) is 6.43. The molecule has 3 atom stereocenters. The van der Waals surface area contributed by atoms with Gasteiger partial charge < -0.3 is 14.9 Å². The van der Waals surface area contributed by atoms with Crippen LogP contribution in [-0.2, 0) is 5.41 Å². The smallest absolute Gasteiger partial charge is 0.508 e. The molecule has 4 heteroatoms. The zero-order chi connectivity index (χ0) is 21.1. The highest BCUT2D eigenvalue weighted by molar-refractivity contribution is 5.61. The monoisotopic (exact) mass is 396 g/mol. The minimum atomic E-state index is -1.30. The number of phenols is 1. The maximum Gasteiger partial charge on any atom is 0.511 e. The zero-order valence-electron chi connectivity index (χ0n) is 17.6. The van der Waals surface area contributed by atoms with Gasteiger partial charge in [0.25, 0.3) is 0 Å². The van der Waals surface area contributed by atoms with Crippen molar-refractivity contribution in [1.29, 1.82) is 0 Å². The summed E-state index contributed by atoms with van der Waals surface area (Å²) < 4.78 is 4.81. The van der Waals surface area contributed by atoms with E-state index in [1.807, 2.05) is 24.3 Å². The van der Waals surface area contributed by atoms with E-state index in [1.165, 1.54) is 36.8 Å². The van der Waals surface area contributed by atoms with Crippen molar-refractivity contribution in [3.05, 3.63) is 59.7 Å². The van der Waals surface area contributed by atoms with E-state index in [0.29, 0.717) is 11.7 Å². The summed E-state index contributed by atoms with van der Waals surface area (Å²) in [6.45, 7) is 6.99. The first-order valence-corrected chi connectivity index (χ1v) is 10.6. The number of unbranched alkanes of at least 4 members (excludes halogenated alkanes) is 1. The second-order valence-corrected chi connectivity index (χ2v) is 9.13. The van der Waals surface area contributed by atoms with Gasteiger partial charge >= 0.3 is 6.16 Å². The van der Waals surface area contributed by atoms with E-state index >= 15 is 0 Å². The Hall–Kier alpha value is -2.49. The lowest BCUT2D eigenvalue weighted by Gasteiger charge is -2.50. The highest BCUT2D eigenvalue weighted by Crippen LogP contribution is 2.55. The van der Waals surface area contributed by atoms with Crippen LogP contribution in [-0.4, -0.2) is 16.4 Å². The van der Waals surface area contributed by atoms with Crippen molar-refractivity contribution in [2.45, 2.75) is 64.7 Å². The zero-order valence-corrected chi connectivity index (χ0v) is 17.6. The van der Waals surface area contributed by atoms with Gasteiger partial charge in [0.05, 0.1) is 0 Å². The number of rotatable bonds is 6. The lowest BCUT2D eigenvalue weighted by atomic mass is 9.54. The summed E-state index contributed by atoms with van der Waals surface area (Å²) in [6.07, 6.45) is 5.59. The van der Waals surface area contributed by atoms with E-state index in [9.17, 15) is 9.90 Å². The summed E-state index contributed by atoms with van der Waals surface area (Å²) in [5.74, 6) is 1.17. The molecule has 1 aliphatic carbocycles. The molecule has 0 aliphatic heterocycles. The number of hydrogen-bond donors (Lipinski definition) is 2. The molecular formula is C25H32O4.